The monoisotopic (exact) mass is 375 g/mol. The van der Waals surface area contributed by atoms with Crippen molar-refractivity contribution >= 4 is 15.7 Å². The molecule has 1 aromatic heterocycles. The van der Waals surface area contributed by atoms with Gasteiger partial charge in [0.15, 0.2) is 0 Å². The average Bonchev–Trinajstić information content (AvgIpc) is 3.05. The highest BCUT2D eigenvalue weighted by Crippen LogP contribution is 2.24. The van der Waals surface area contributed by atoms with Crippen LogP contribution in [0.25, 0.3) is 0 Å². The number of piperazine rings is 1. The van der Waals surface area contributed by atoms with Gasteiger partial charge in [0.05, 0.1) is 10.6 Å². The summed E-state index contributed by atoms with van der Waals surface area (Å²) in [6, 6.07) is 6.82. The quantitative estimate of drug-likeness (QED) is 0.839. The smallest absolute Gasteiger partial charge is 0.238 e. The Morgan fingerprint density at radius 1 is 1.04 bits per heavy atom. The van der Waals surface area contributed by atoms with Gasteiger partial charge in [0.25, 0.3) is 0 Å². The molecule has 2 aromatic rings. The molecule has 8 heteroatoms. The van der Waals surface area contributed by atoms with Gasteiger partial charge in [-0.25, -0.2) is 13.6 Å². The molecule has 0 bridgehead atoms. The van der Waals surface area contributed by atoms with Crippen LogP contribution in [0.3, 0.4) is 0 Å². The first kappa shape index (κ1) is 17.5. The van der Waals surface area contributed by atoms with Crippen molar-refractivity contribution in [3.63, 3.8) is 0 Å². The predicted octanol–water partition coefficient (Wildman–Crippen LogP) is 1.26. The fourth-order valence-electron chi connectivity index (χ4n) is 3.90. The number of nitrogens with one attached hydrogen (secondary N) is 1. The number of hydrogen-bond donors (Lipinski definition) is 2. The van der Waals surface area contributed by atoms with Crippen molar-refractivity contribution in [1.82, 2.24) is 15.1 Å². The number of nitrogens with two attached hydrogens (primary N) is 1. The second-order valence-electron chi connectivity index (χ2n) is 7.14. The Morgan fingerprint density at radius 2 is 1.73 bits per heavy atom. The van der Waals surface area contributed by atoms with E-state index in [-0.39, 0.29) is 4.90 Å². The molecule has 7 nitrogen and oxygen atoms in total. The van der Waals surface area contributed by atoms with Crippen LogP contribution in [0.5, 0.6) is 0 Å². The number of anilines is 1. The van der Waals surface area contributed by atoms with E-state index in [1.807, 2.05) is 12.1 Å². The fraction of sp³-hybridized carbons (Fsp3) is 0.500. The van der Waals surface area contributed by atoms with Crippen LogP contribution in [-0.2, 0) is 29.4 Å². The Hall–Kier alpha value is -1.90. The molecule has 0 unspecified atom stereocenters. The van der Waals surface area contributed by atoms with Crippen LogP contribution < -0.4 is 10.0 Å². The van der Waals surface area contributed by atoms with Crippen LogP contribution in [0.1, 0.15) is 29.8 Å². The van der Waals surface area contributed by atoms with Gasteiger partial charge >= 0.3 is 0 Å². The first-order chi connectivity index (χ1) is 12.5. The van der Waals surface area contributed by atoms with Crippen molar-refractivity contribution < 1.29 is 8.42 Å². The van der Waals surface area contributed by atoms with E-state index in [0.29, 0.717) is 0 Å². The van der Waals surface area contributed by atoms with Crippen molar-refractivity contribution in [2.75, 3.05) is 31.1 Å². The van der Waals surface area contributed by atoms with Crippen LogP contribution in [0.4, 0.5) is 5.69 Å². The molecule has 0 saturated carbocycles. The molecule has 2 heterocycles. The molecule has 1 saturated heterocycles. The summed E-state index contributed by atoms with van der Waals surface area (Å²) in [5.41, 5.74) is 5.02. The summed E-state index contributed by atoms with van der Waals surface area (Å²) in [6.07, 6.45) is 4.81. The average molecular weight is 375 g/mol. The zero-order valence-electron chi connectivity index (χ0n) is 14.8. The van der Waals surface area contributed by atoms with E-state index < -0.39 is 10.0 Å². The third-order valence-corrected chi connectivity index (χ3v) is 6.35. The number of aryl methyl sites for hydroxylation is 1. The Bertz CT molecular complexity index is 867. The number of benzene rings is 1. The molecule has 1 fully saturated rings. The van der Waals surface area contributed by atoms with Gasteiger partial charge in [-0.1, -0.05) is 0 Å². The van der Waals surface area contributed by atoms with Gasteiger partial charge in [0, 0.05) is 44.1 Å². The van der Waals surface area contributed by atoms with Gasteiger partial charge in [-0.05, 0) is 55.5 Å². The summed E-state index contributed by atoms with van der Waals surface area (Å²) in [7, 11) is -3.63. The number of aromatic amines is 1. The maximum atomic E-state index is 11.4. The molecule has 1 aromatic carbocycles. The Morgan fingerprint density at radius 3 is 2.42 bits per heavy atom. The molecule has 0 amide bonds. The topological polar surface area (TPSA) is 95.3 Å². The zero-order valence-corrected chi connectivity index (χ0v) is 15.6. The van der Waals surface area contributed by atoms with Gasteiger partial charge < -0.3 is 4.90 Å². The third kappa shape index (κ3) is 3.62. The first-order valence-corrected chi connectivity index (χ1v) is 10.7. The van der Waals surface area contributed by atoms with E-state index in [4.69, 9.17) is 5.14 Å². The normalized spacial score (nSPS) is 18.7. The van der Waals surface area contributed by atoms with E-state index in [2.05, 4.69) is 20.0 Å². The fourth-order valence-corrected chi connectivity index (χ4v) is 4.42. The molecule has 1 aliphatic carbocycles. The molecule has 140 valence electrons. The van der Waals surface area contributed by atoms with E-state index in [1.165, 1.54) is 29.8 Å². The van der Waals surface area contributed by atoms with Crippen LogP contribution >= 0.6 is 0 Å². The number of fused-ring (bicyclic) bond motifs is 1. The summed E-state index contributed by atoms with van der Waals surface area (Å²) in [5, 5.41) is 12.9. The lowest BCUT2D eigenvalue weighted by Gasteiger charge is -2.36. The Labute approximate surface area is 154 Å². The minimum atomic E-state index is -3.63. The number of primary sulfonamides is 1. The minimum Gasteiger partial charge on any atom is -0.369 e. The van der Waals surface area contributed by atoms with E-state index >= 15 is 0 Å². The van der Waals surface area contributed by atoms with Gasteiger partial charge in [0.2, 0.25) is 10.0 Å². The van der Waals surface area contributed by atoms with Crippen LogP contribution in [0, 0.1) is 0 Å². The van der Waals surface area contributed by atoms with Gasteiger partial charge in [-0.2, -0.15) is 5.10 Å². The molecule has 26 heavy (non-hydrogen) atoms. The van der Waals surface area contributed by atoms with Crippen LogP contribution in [-0.4, -0.2) is 49.7 Å². The lowest BCUT2D eigenvalue weighted by molar-refractivity contribution is 0.246. The van der Waals surface area contributed by atoms with Crippen molar-refractivity contribution in [1.29, 1.82) is 0 Å². The minimum absolute atomic E-state index is 0.156. The third-order valence-electron chi connectivity index (χ3n) is 5.42. The predicted molar refractivity (Wildman–Crippen MR) is 101 cm³/mol. The van der Waals surface area contributed by atoms with E-state index in [0.717, 1.165) is 51.3 Å². The maximum Gasteiger partial charge on any atom is 0.238 e. The molecule has 0 radical (unpaired) electrons. The van der Waals surface area contributed by atoms with Crippen molar-refractivity contribution in [2.45, 2.75) is 37.1 Å². The summed E-state index contributed by atoms with van der Waals surface area (Å²) in [5.74, 6) is 0. The first-order valence-electron chi connectivity index (χ1n) is 9.16. The highest BCUT2D eigenvalue weighted by Gasteiger charge is 2.22. The van der Waals surface area contributed by atoms with Gasteiger partial charge in [-0.3, -0.25) is 10.00 Å². The highest BCUT2D eigenvalue weighted by atomic mass is 32.2. The lowest BCUT2D eigenvalue weighted by Crippen LogP contribution is -2.46. The standard InChI is InChI=1S/C18H25N5O2S/c19-26(24,25)15-7-5-14(6-8-15)23-11-9-22(10-12-23)13-18-16-3-1-2-4-17(16)20-21-18/h5-8H,1-4,9-13H2,(H,20,21)(H2,19,24,25). The largest absolute Gasteiger partial charge is 0.369 e. The van der Waals surface area contributed by atoms with E-state index in [9.17, 15) is 8.42 Å². The second-order valence-corrected chi connectivity index (χ2v) is 8.70. The highest BCUT2D eigenvalue weighted by molar-refractivity contribution is 7.89. The van der Waals surface area contributed by atoms with Gasteiger partial charge in [-0.15, -0.1) is 0 Å². The number of nitrogens with zero attached hydrogens (tertiary/aromatic N) is 3. The molecule has 3 N–H and O–H groups in total. The van der Waals surface area contributed by atoms with Crippen molar-refractivity contribution in [3.8, 4) is 0 Å². The molecule has 4 rings (SSSR count). The number of aromatic nitrogens is 2. The van der Waals surface area contributed by atoms with Crippen LogP contribution in [0.2, 0.25) is 0 Å². The Balaban J connectivity index is 1.36. The van der Waals surface area contributed by atoms with E-state index in [1.54, 1.807) is 12.1 Å². The molecule has 2 aliphatic rings. The van der Waals surface area contributed by atoms with Crippen molar-refractivity contribution in [2.24, 2.45) is 5.14 Å². The summed E-state index contributed by atoms with van der Waals surface area (Å²) in [6.45, 7) is 4.68. The van der Waals surface area contributed by atoms with Gasteiger partial charge in [0.1, 0.15) is 0 Å². The number of H-pyrrole nitrogens is 1. The van der Waals surface area contributed by atoms with Crippen molar-refractivity contribution in [3.05, 3.63) is 41.2 Å². The number of hydrogen-bond acceptors (Lipinski definition) is 5. The second kappa shape index (κ2) is 7.02. The number of rotatable bonds is 4. The summed E-state index contributed by atoms with van der Waals surface area (Å²) >= 11 is 0. The Kier molecular flexibility index (Phi) is 4.73. The SMILES string of the molecule is NS(=O)(=O)c1ccc(N2CCN(Cc3n[nH]c4c3CCCC4)CC2)cc1. The number of sulfonamides is 1. The lowest BCUT2D eigenvalue weighted by atomic mass is 9.96. The molecule has 0 atom stereocenters. The van der Waals surface area contributed by atoms with Crippen LogP contribution in [0.15, 0.2) is 29.2 Å². The molecule has 0 spiro atoms. The zero-order chi connectivity index (χ0) is 18.1. The molecular weight excluding hydrogens is 350 g/mol. The molecular formula is C18H25N5O2S. The summed E-state index contributed by atoms with van der Waals surface area (Å²) in [4.78, 5) is 4.88. The molecule has 1 aliphatic heterocycles. The maximum absolute atomic E-state index is 11.4. The summed E-state index contributed by atoms with van der Waals surface area (Å²) < 4.78 is 22.7.